The molecule has 45 heavy (non-hydrogen) atoms. The molecule has 5 atom stereocenters. The molecule has 3 amide bonds. The van der Waals surface area contributed by atoms with E-state index < -0.39 is 59.0 Å². The van der Waals surface area contributed by atoms with Gasteiger partial charge in [0.05, 0.1) is 12.1 Å². The molecule has 3 N–H and O–H groups in total. The third-order valence-corrected chi connectivity index (χ3v) is 8.37. The first kappa shape index (κ1) is 32.1. The SMILES string of the molecule is Cc1nc2cccc(F)c2nc1O[C@@H]1C[C@H]2C(=O)N[C@]3(C(=O)O)C[C@H]3/C=C\CCCCC[C@H](NC(=O)OC(C)(C)C)C(=O)N2C1. The first-order chi connectivity index (χ1) is 21.3. The number of carbonyl (C=O) groups is 4. The molecule has 1 aromatic carbocycles. The highest BCUT2D eigenvalue weighted by Crippen LogP contribution is 2.45. The zero-order chi connectivity index (χ0) is 32.5. The number of benzene rings is 1. The van der Waals surface area contributed by atoms with Gasteiger partial charge in [-0.1, -0.05) is 31.1 Å². The summed E-state index contributed by atoms with van der Waals surface area (Å²) in [5.74, 6) is -3.16. The molecule has 0 unspecified atom stereocenters. The average molecular weight is 626 g/mol. The molecule has 13 heteroatoms. The Morgan fingerprint density at radius 2 is 1.96 bits per heavy atom. The van der Waals surface area contributed by atoms with Crippen molar-refractivity contribution in [3.63, 3.8) is 0 Å². The number of aliphatic carboxylic acids is 1. The van der Waals surface area contributed by atoms with Gasteiger partial charge >= 0.3 is 12.1 Å². The van der Waals surface area contributed by atoms with E-state index in [1.807, 2.05) is 12.2 Å². The van der Waals surface area contributed by atoms with Gasteiger partial charge in [-0.3, -0.25) is 9.59 Å². The van der Waals surface area contributed by atoms with Gasteiger partial charge < -0.3 is 30.1 Å². The molecule has 1 aliphatic carbocycles. The highest BCUT2D eigenvalue weighted by molar-refractivity contribution is 5.96. The molecule has 3 heterocycles. The molecular formula is C32H40FN5O7. The van der Waals surface area contributed by atoms with Gasteiger partial charge in [0, 0.05) is 12.3 Å². The number of carboxylic acids is 1. The first-order valence-electron chi connectivity index (χ1n) is 15.4. The maximum absolute atomic E-state index is 14.5. The molecular weight excluding hydrogens is 585 g/mol. The normalized spacial score (nSPS) is 28.2. The average Bonchev–Trinajstić information content (AvgIpc) is 3.48. The fourth-order valence-electron chi connectivity index (χ4n) is 5.98. The number of para-hydroxylation sites is 1. The Bertz CT molecular complexity index is 1530. The Labute approximate surface area is 260 Å². The summed E-state index contributed by atoms with van der Waals surface area (Å²) in [5.41, 5.74) is -1.48. The zero-order valence-electron chi connectivity index (χ0n) is 26.0. The summed E-state index contributed by atoms with van der Waals surface area (Å²) in [7, 11) is 0. The summed E-state index contributed by atoms with van der Waals surface area (Å²) >= 11 is 0. The van der Waals surface area contributed by atoms with Crippen molar-refractivity contribution in [2.75, 3.05) is 6.54 Å². The smallest absolute Gasteiger partial charge is 0.408 e. The van der Waals surface area contributed by atoms with Gasteiger partial charge in [0.25, 0.3) is 0 Å². The standard InChI is InChI=1S/C32H40FN5O7/c1-18-27(36-25-21(33)12-10-14-22(25)34-18)44-20-15-24-26(39)37-32(29(41)42)16-19(32)11-8-6-5-7-9-13-23(28(40)38(24)17-20)35-30(43)45-31(2,3)4/h8,10-12,14,19-20,23-24H,5-7,9,13,15-17H2,1-4H3,(H,35,43)(H,37,39)(H,41,42)/b11-8-/t19-,20-,23+,24+,32-/m1/s1. The minimum absolute atomic E-state index is 0.0172. The predicted molar refractivity (Wildman–Crippen MR) is 161 cm³/mol. The Morgan fingerprint density at radius 3 is 2.69 bits per heavy atom. The second-order valence-electron chi connectivity index (χ2n) is 13.0. The number of fused-ring (bicyclic) bond motifs is 3. The van der Waals surface area contributed by atoms with Crippen LogP contribution >= 0.6 is 0 Å². The van der Waals surface area contributed by atoms with E-state index in [1.165, 1.54) is 17.0 Å². The lowest BCUT2D eigenvalue weighted by Gasteiger charge is -2.30. The lowest BCUT2D eigenvalue weighted by atomic mass is 10.0. The minimum atomic E-state index is -1.46. The largest absolute Gasteiger partial charge is 0.479 e. The number of amides is 3. The van der Waals surface area contributed by atoms with Crippen LogP contribution in [0, 0.1) is 18.7 Å². The van der Waals surface area contributed by atoms with Gasteiger partial charge in [0.15, 0.2) is 5.82 Å². The Balaban J connectivity index is 1.45. The van der Waals surface area contributed by atoms with Crippen LogP contribution in [0.25, 0.3) is 11.0 Å². The van der Waals surface area contributed by atoms with E-state index in [-0.39, 0.29) is 36.7 Å². The van der Waals surface area contributed by atoms with Crippen molar-refractivity contribution < 1.29 is 38.1 Å². The van der Waals surface area contributed by atoms with Crippen LogP contribution in [0.5, 0.6) is 5.88 Å². The van der Waals surface area contributed by atoms with Crippen molar-refractivity contribution in [1.29, 1.82) is 0 Å². The fourth-order valence-corrected chi connectivity index (χ4v) is 5.98. The Morgan fingerprint density at radius 1 is 1.18 bits per heavy atom. The fraction of sp³-hybridized carbons (Fsp3) is 0.562. The van der Waals surface area contributed by atoms with Gasteiger partial charge in [0.1, 0.15) is 40.5 Å². The van der Waals surface area contributed by atoms with Crippen molar-refractivity contribution in [3.05, 3.63) is 41.9 Å². The lowest BCUT2D eigenvalue weighted by Crippen LogP contribution is -2.56. The predicted octanol–water partition coefficient (Wildman–Crippen LogP) is 3.80. The van der Waals surface area contributed by atoms with Gasteiger partial charge in [-0.05, 0) is 65.5 Å². The molecule has 1 saturated carbocycles. The van der Waals surface area contributed by atoms with Gasteiger partial charge in [-0.15, -0.1) is 0 Å². The van der Waals surface area contributed by atoms with E-state index in [2.05, 4.69) is 20.6 Å². The third-order valence-electron chi connectivity index (χ3n) is 8.37. The number of nitrogens with one attached hydrogen (secondary N) is 2. The maximum atomic E-state index is 14.5. The van der Waals surface area contributed by atoms with Crippen LogP contribution in [-0.4, -0.2) is 79.7 Å². The highest BCUT2D eigenvalue weighted by atomic mass is 19.1. The van der Waals surface area contributed by atoms with Gasteiger partial charge in [0.2, 0.25) is 17.7 Å². The van der Waals surface area contributed by atoms with E-state index >= 15 is 0 Å². The first-order valence-corrected chi connectivity index (χ1v) is 15.4. The van der Waals surface area contributed by atoms with E-state index in [0.717, 1.165) is 19.3 Å². The quantitative estimate of drug-likeness (QED) is 0.430. The third kappa shape index (κ3) is 7.18. The number of hydrogen-bond donors (Lipinski definition) is 3. The molecule has 2 aliphatic heterocycles. The summed E-state index contributed by atoms with van der Waals surface area (Å²) in [6, 6.07) is 2.34. The molecule has 2 aromatic rings. The number of ether oxygens (including phenoxy) is 2. The topological polar surface area (TPSA) is 160 Å². The maximum Gasteiger partial charge on any atom is 0.408 e. The molecule has 1 saturated heterocycles. The van der Waals surface area contributed by atoms with Crippen molar-refractivity contribution in [2.45, 2.75) is 102 Å². The number of rotatable bonds is 4. The summed E-state index contributed by atoms with van der Waals surface area (Å²) in [4.78, 5) is 63.0. The minimum Gasteiger partial charge on any atom is -0.479 e. The number of carboxylic acid groups (broad SMARTS) is 1. The number of nitrogens with zero attached hydrogens (tertiary/aromatic N) is 3. The monoisotopic (exact) mass is 625 g/mol. The van der Waals surface area contributed by atoms with Crippen LogP contribution in [0.3, 0.4) is 0 Å². The molecule has 0 bridgehead atoms. The number of carbonyl (C=O) groups excluding carboxylic acids is 3. The molecule has 0 spiro atoms. The number of allylic oxidation sites excluding steroid dienone is 1. The summed E-state index contributed by atoms with van der Waals surface area (Å²) in [6.45, 7) is 6.76. The van der Waals surface area contributed by atoms with E-state index in [0.29, 0.717) is 24.1 Å². The number of halogens is 1. The summed E-state index contributed by atoms with van der Waals surface area (Å²) in [6.07, 6.45) is 5.79. The van der Waals surface area contributed by atoms with Crippen molar-refractivity contribution in [2.24, 2.45) is 5.92 Å². The van der Waals surface area contributed by atoms with Crippen LogP contribution in [-0.2, 0) is 19.1 Å². The van der Waals surface area contributed by atoms with Gasteiger partial charge in [-0.2, -0.15) is 0 Å². The molecule has 2 fully saturated rings. The molecule has 1 aromatic heterocycles. The number of aryl methyl sites for hydroxylation is 1. The number of alkyl carbamates (subject to hydrolysis) is 1. The molecule has 242 valence electrons. The summed E-state index contributed by atoms with van der Waals surface area (Å²) in [5, 5.41) is 15.5. The number of hydrogen-bond acceptors (Lipinski definition) is 8. The Kier molecular flexibility index (Phi) is 8.99. The van der Waals surface area contributed by atoms with Gasteiger partial charge in [-0.25, -0.2) is 23.9 Å². The second-order valence-corrected chi connectivity index (χ2v) is 13.0. The van der Waals surface area contributed by atoms with Crippen molar-refractivity contribution >= 4 is 34.9 Å². The van der Waals surface area contributed by atoms with Crippen molar-refractivity contribution in [3.8, 4) is 5.88 Å². The molecule has 3 aliphatic rings. The molecule has 12 nitrogen and oxygen atoms in total. The Hall–Kier alpha value is -4.29. The second kappa shape index (κ2) is 12.6. The lowest BCUT2D eigenvalue weighted by molar-refractivity contribution is -0.145. The van der Waals surface area contributed by atoms with E-state index in [4.69, 9.17) is 9.47 Å². The van der Waals surface area contributed by atoms with Crippen LogP contribution in [0.1, 0.15) is 71.4 Å². The van der Waals surface area contributed by atoms with E-state index in [9.17, 15) is 28.7 Å². The van der Waals surface area contributed by atoms with Crippen LogP contribution < -0.4 is 15.4 Å². The molecule has 5 rings (SSSR count). The van der Waals surface area contributed by atoms with Crippen molar-refractivity contribution in [1.82, 2.24) is 25.5 Å². The summed E-state index contributed by atoms with van der Waals surface area (Å²) < 4.78 is 26.1. The molecule has 0 radical (unpaired) electrons. The van der Waals surface area contributed by atoms with Crippen LogP contribution in [0.4, 0.5) is 9.18 Å². The van der Waals surface area contributed by atoms with E-state index in [1.54, 1.807) is 33.8 Å². The zero-order valence-corrected chi connectivity index (χ0v) is 26.0. The van der Waals surface area contributed by atoms with Crippen LogP contribution in [0.2, 0.25) is 0 Å². The van der Waals surface area contributed by atoms with Crippen LogP contribution in [0.15, 0.2) is 30.4 Å². The number of aromatic nitrogens is 2. The highest BCUT2D eigenvalue weighted by Gasteiger charge is 2.61.